The van der Waals surface area contributed by atoms with Crippen molar-refractivity contribution in [2.75, 3.05) is 27.2 Å². The predicted molar refractivity (Wildman–Crippen MR) is 78.3 cm³/mol. The van der Waals surface area contributed by atoms with E-state index in [1.165, 1.54) is 0 Å². The molecule has 0 aromatic heterocycles. The Balaban J connectivity index is 2.90. The summed E-state index contributed by atoms with van der Waals surface area (Å²) in [5.41, 5.74) is -0.726. The minimum absolute atomic E-state index is 0.0178. The van der Waals surface area contributed by atoms with Gasteiger partial charge in [-0.05, 0) is 38.3 Å². The van der Waals surface area contributed by atoms with Crippen molar-refractivity contribution in [1.29, 1.82) is 0 Å². The standard InChI is InChI=1S/C15H30N2O2/c1-14(2,3)12-8-6-7-9-15(12,13(18)19)16-10-11-17(4)5/h12,16H,6-11H2,1-5H3,(H,18,19). The first-order chi connectivity index (χ1) is 8.70. The first-order valence-electron chi connectivity index (χ1n) is 7.33. The number of carboxylic acids is 1. The van der Waals surface area contributed by atoms with Crippen LogP contribution in [0.15, 0.2) is 0 Å². The highest BCUT2D eigenvalue weighted by Gasteiger charge is 2.51. The lowest BCUT2D eigenvalue weighted by Crippen LogP contribution is -2.62. The van der Waals surface area contributed by atoms with E-state index in [1.54, 1.807) is 0 Å². The Morgan fingerprint density at radius 1 is 1.37 bits per heavy atom. The van der Waals surface area contributed by atoms with Crippen LogP contribution in [0, 0.1) is 11.3 Å². The number of aliphatic carboxylic acids is 1. The molecule has 0 aromatic rings. The Kier molecular flexibility index (Phi) is 5.39. The van der Waals surface area contributed by atoms with Crippen molar-refractivity contribution in [3.8, 4) is 0 Å². The summed E-state index contributed by atoms with van der Waals surface area (Å²) >= 11 is 0. The maximum absolute atomic E-state index is 11.9. The van der Waals surface area contributed by atoms with Gasteiger partial charge in [0.15, 0.2) is 0 Å². The van der Waals surface area contributed by atoms with Gasteiger partial charge in [0.2, 0.25) is 0 Å². The number of nitrogens with zero attached hydrogens (tertiary/aromatic N) is 1. The Morgan fingerprint density at radius 2 is 2.00 bits per heavy atom. The molecule has 0 spiro atoms. The molecule has 1 aliphatic carbocycles. The number of likely N-dealkylation sites (N-methyl/N-ethyl adjacent to an activating group) is 1. The molecule has 0 radical (unpaired) electrons. The Labute approximate surface area is 117 Å². The molecule has 2 unspecified atom stereocenters. The van der Waals surface area contributed by atoms with Crippen LogP contribution in [-0.4, -0.2) is 48.7 Å². The zero-order valence-corrected chi connectivity index (χ0v) is 13.1. The summed E-state index contributed by atoms with van der Waals surface area (Å²) in [7, 11) is 4.02. The van der Waals surface area contributed by atoms with Crippen molar-refractivity contribution in [3.05, 3.63) is 0 Å². The van der Waals surface area contributed by atoms with Crippen molar-refractivity contribution < 1.29 is 9.90 Å². The van der Waals surface area contributed by atoms with Gasteiger partial charge < -0.3 is 15.3 Å². The van der Waals surface area contributed by atoms with Crippen molar-refractivity contribution in [1.82, 2.24) is 10.2 Å². The summed E-state index contributed by atoms with van der Waals surface area (Å²) in [6, 6.07) is 0. The molecule has 0 aliphatic heterocycles. The second-order valence-electron chi connectivity index (χ2n) is 7.17. The molecule has 112 valence electrons. The van der Waals surface area contributed by atoms with Gasteiger partial charge in [0.05, 0.1) is 0 Å². The molecule has 19 heavy (non-hydrogen) atoms. The predicted octanol–water partition coefficient (Wildman–Crippen LogP) is 2.20. The van der Waals surface area contributed by atoms with Crippen LogP contribution in [-0.2, 0) is 4.79 Å². The van der Waals surface area contributed by atoms with Crippen LogP contribution in [0.4, 0.5) is 0 Å². The van der Waals surface area contributed by atoms with E-state index in [2.05, 4.69) is 31.0 Å². The molecule has 0 amide bonds. The van der Waals surface area contributed by atoms with E-state index >= 15 is 0 Å². The van der Waals surface area contributed by atoms with Gasteiger partial charge in [-0.25, -0.2) is 0 Å². The van der Waals surface area contributed by atoms with Crippen LogP contribution in [0.1, 0.15) is 46.5 Å². The first-order valence-corrected chi connectivity index (χ1v) is 7.33. The fraction of sp³-hybridized carbons (Fsp3) is 0.933. The number of hydrogen-bond donors (Lipinski definition) is 2. The third-order valence-corrected chi connectivity index (χ3v) is 4.34. The average molecular weight is 270 g/mol. The van der Waals surface area contributed by atoms with Crippen LogP contribution < -0.4 is 5.32 Å². The molecule has 0 heterocycles. The van der Waals surface area contributed by atoms with Gasteiger partial charge in [0.1, 0.15) is 5.54 Å². The maximum Gasteiger partial charge on any atom is 0.324 e. The molecule has 0 saturated heterocycles. The fourth-order valence-corrected chi connectivity index (χ4v) is 3.39. The summed E-state index contributed by atoms with van der Waals surface area (Å²) in [5, 5.41) is 13.2. The quantitative estimate of drug-likeness (QED) is 0.804. The fourth-order valence-electron chi connectivity index (χ4n) is 3.39. The van der Waals surface area contributed by atoms with Gasteiger partial charge in [-0.2, -0.15) is 0 Å². The normalized spacial score (nSPS) is 28.6. The zero-order valence-electron chi connectivity index (χ0n) is 13.1. The molecular weight excluding hydrogens is 240 g/mol. The number of nitrogens with one attached hydrogen (secondary N) is 1. The lowest BCUT2D eigenvalue weighted by molar-refractivity contribution is -0.152. The maximum atomic E-state index is 11.9. The number of carboxylic acid groups (broad SMARTS) is 1. The van der Waals surface area contributed by atoms with Crippen LogP contribution in [0.2, 0.25) is 0 Å². The SMILES string of the molecule is CN(C)CCNC1(C(=O)O)CCCCC1C(C)(C)C. The largest absolute Gasteiger partial charge is 0.480 e. The highest BCUT2D eigenvalue weighted by atomic mass is 16.4. The van der Waals surface area contributed by atoms with E-state index in [0.717, 1.165) is 38.8 Å². The van der Waals surface area contributed by atoms with Crippen LogP contribution in [0.25, 0.3) is 0 Å². The van der Waals surface area contributed by atoms with E-state index in [0.29, 0.717) is 0 Å². The molecule has 0 bridgehead atoms. The molecule has 2 atom stereocenters. The molecular formula is C15H30N2O2. The van der Waals surface area contributed by atoms with Gasteiger partial charge in [-0.1, -0.05) is 33.6 Å². The molecule has 1 aliphatic rings. The van der Waals surface area contributed by atoms with Gasteiger partial charge in [-0.15, -0.1) is 0 Å². The third-order valence-electron chi connectivity index (χ3n) is 4.34. The second kappa shape index (κ2) is 6.23. The molecule has 2 N–H and O–H groups in total. The summed E-state index contributed by atoms with van der Waals surface area (Å²) < 4.78 is 0. The Bertz CT molecular complexity index is 310. The Morgan fingerprint density at radius 3 is 2.47 bits per heavy atom. The van der Waals surface area contributed by atoms with Crippen molar-refractivity contribution in [2.45, 2.75) is 52.0 Å². The minimum Gasteiger partial charge on any atom is -0.480 e. The van der Waals surface area contributed by atoms with E-state index in [4.69, 9.17) is 0 Å². The monoisotopic (exact) mass is 270 g/mol. The summed E-state index contributed by atoms with van der Waals surface area (Å²) in [6.07, 6.45) is 3.91. The van der Waals surface area contributed by atoms with Gasteiger partial charge >= 0.3 is 5.97 Å². The summed E-state index contributed by atoms with van der Waals surface area (Å²) in [4.78, 5) is 14.0. The number of carbonyl (C=O) groups is 1. The topological polar surface area (TPSA) is 52.6 Å². The Hall–Kier alpha value is -0.610. The molecule has 1 saturated carbocycles. The molecule has 4 nitrogen and oxygen atoms in total. The minimum atomic E-state index is -0.744. The second-order valence-corrected chi connectivity index (χ2v) is 7.17. The first kappa shape index (κ1) is 16.4. The number of rotatable bonds is 5. The van der Waals surface area contributed by atoms with E-state index in [9.17, 15) is 9.90 Å². The van der Waals surface area contributed by atoms with Crippen LogP contribution in [0.3, 0.4) is 0 Å². The molecule has 0 aromatic carbocycles. The van der Waals surface area contributed by atoms with E-state index in [-0.39, 0.29) is 11.3 Å². The van der Waals surface area contributed by atoms with E-state index < -0.39 is 11.5 Å². The highest BCUT2D eigenvalue weighted by molar-refractivity contribution is 5.79. The van der Waals surface area contributed by atoms with Gasteiger partial charge in [0, 0.05) is 13.1 Å². The van der Waals surface area contributed by atoms with Crippen molar-refractivity contribution in [2.24, 2.45) is 11.3 Å². The highest BCUT2D eigenvalue weighted by Crippen LogP contribution is 2.44. The van der Waals surface area contributed by atoms with Crippen molar-refractivity contribution in [3.63, 3.8) is 0 Å². The molecule has 1 fully saturated rings. The summed E-state index contributed by atoms with van der Waals surface area (Å²) in [5.74, 6) is -0.487. The summed E-state index contributed by atoms with van der Waals surface area (Å²) in [6.45, 7) is 8.08. The molecule has 1 rings (SSSR count). The average Bonchev–Trinajstić information content (AvgIpc) is 2.27. The third kappa shape index (κ3) is 3.93. The lowest BCUT2D eigenvalue weighted by Gasteiger charge is -2.48. The van der Waals surface area contributed by atoms with Crippen molar-refractivity contribution >= 4 is 5.97 Å². The van der Waals surface area contributed by atoms with Crippen LogP contribution in [0.5, 0.6) is 0 Å². The van der Waals surface area contributed by atoms with Gasteiger partial charge in [0.25, 0.3) is 0 Å². The molecule has 4 heteroatoms. The van der Waals surface area contributed by atoms with E-state index in [1.807, 2.05) is 14.1 Å². The van der Waals surface area contributed by atoms with Gasteiger partial charge in [-0.3, -0.25) is 4.79 Å². The smallest absolute Gasteiger partial charge is 0.324 e. The van der Waals surface area contributed by atoms with Crippen LogP contribution >= 0.6 is 0 Å². The number of hydrogen-bond acceptors (Lipinski definition) is 3. The zero-order chi connectivity index (χ0) is 14.7. The lowest BCUT2D eigenvalue weighted by atomic mass is 9.62.